The lowest BCUT2D eigenvalue weighted by atomic mass is 10.2. The molecule has 0 aliphatic carbocycles. The quantitative estimate of drug-likeness (QED) is 0.305. The zero-order valence-electron chi connectivity index (χ0n) is 10.8. The number of halogens is 2. The molecule has 1 aromatic rings. The molecule has 0 spiro atoms. The second kappa shape index (κ2) is 7.59. The van der Waals surface area contributed by atoms with Gasteiger partial charge >= 0.3 is 5.97 Å². The molecule has 1 aromatic carbocycles. The summed E-state index contributed by atoms with van der Waals surface area (Å²) in [5.74, 6) is -1.33. The van der Waals surface area contributed by atoms with Crippen LogP contribution in [-0.2, 0) is 9.59 Å². The Morgan fingerprint density at radius 1 is 1.45 bits per heavy atom. The summed E-state index contributed by atoms with van der Waals surface area (Å²) in [5.41, 5.74) is 0.511. The zero-order chi connectivity index (χ0) is 16.3. The highest BCUT2D eigenvalue weighted by Crippen LogP contribution is 2.26. The Morgan fingerprint density at radius 3 is 2.86 bits per heavy atom. The van der Waals surface area contributed by atoms with Crippen molar-refractivity contribution >= 4 is 80.2 Å². The molecule has 10 heteroatoms. The van der Waals surface area contributed by atoms with Gasteiger partial charge in [0.1, 0.15) is 11.0 Å². The number of hydrogen-bond acceptors (Lipinski definition) is 6. The van der Waals surface area contributed by atoms with Crippen molar-refractivity contribution in [1.29, 1.82) is 0 Å². The van der Waals surface area contributed by atoms with Crippen molar-refractivity contribution < 1.29 is 19.8 Å². The maximum atomic E-state index is 11.5. The van der Waals surface area contributed by atoms with E-state index in [1.165, 1.54) is 6.21 Å². The van der Waals surface area contributed by atoms with Crippen molar-refractivity contribution in [3.05, 3.63) is 24.8 Å². The van der Waals surface area contributed by atoms with Gasteiger partial charge < -0.3 is 15.5 Å². The molecule has 22 heavy (non-hydrogen) atoms. The normalized spacial score (nSPS) is 19.8. The summed E-state index contributed by atoms with van der Waals surface area (Å²) in [6.07, 6.45) is 1.11. The highest BCUT2D eigenvalue weighted by molar-refractivity contribution is 14.1. The third-order valence-electron chi connectivity index (χ3n) is 2.54. The summed E-state index contributed by atoms with van der Waals surface area (Å²) in [7, 11) is 0. The van der Waals surface area contributed by atoms with Crippen LogP contribution in [0.15, 0.2) is 22.3 Å². The zero-order valence-corrected chi connectivity index (χ0v) is 15.9. The number of thioether (sulfide) groups is 1. The summed E-state index contributed by atoms with van der Waals surface area (Å²) in [6, 6.07) is 3.57. The smallest absolute Gasteiger partial charge is 0.305 e. The maximum Gasteiger partial charge on any atom is 0.305 e. The molecule has 1 aliphatic rings. The molecule has 1 amide bonds. The van der Waals surface area contributed by atoms with Gasteiger partial charge in [-0.15, -0.1) is 5.10 Å². The van der Waals surface area contributed by atoms with Crippen LogP contribution in [0.5, 0.6) is 5.75 Å². The van der Waals surface area contributed by atoms with Gasteiger partial charge in [-0.25, -0.2) is 0 Å². The predicted octanol–water partition coefficient (Wildman–Crippen LogP) is 2.00. The molecule has 116 valence electrons. The number of phenolic OH excluding ortho intramolecular Hbond substituents is 1. The first-order chi connectivity index (χ1) is 10.4. The van der Waals surface area contributed by atoms with Crippen molar-refractivity contribution in [2.75, 3.05) is 0 Å². The molecular formula is C12H9I2N3O4S. The number of phenols is 1. The Morgan fingerprint density at radius 2 is 2.18 bits per heavy atom. The second-order valence-electron chi connectivity index (χ2n) is 4.17. The van der Waals surface area contributed by atoms with E-state index in [2.05, 4.69) is 38.1 Å². The van der Waals surface area contributed by atoms with Crippen LogP contribution in [0.3, 0.4) is 0 Å². The molecule has 1 atom stereocenters. The fraction of sp³-hybridized carbons (Fsp3) is 0.167. The average molecular weight is 545 g/mol. The lowest BCUT2D eigenvalue weighted by molar-refractivity contribution is -0.138. The van der Waals surface area contributed by atoms with Gasteiger partial charge in [0.15, 0.2) is 5.17 Å². The predicted molar refractivity (Wildman–Crippen MR) is 100 cm³/mol. The van der Waals surface area contributed by atoms with Crippen LogP contribution in [0, 0.1) is 7.14 Å². The first-order valence-corrected chi connectivity index (χ1v) is 8.89. The molecule has 1 aliphatic heterocycles. The van der Waals surface area contributed by atoms with Gasteiger partial charge in [0.05, 0.1) is 16.2 Å². The van der Waals surface area contributed by atoms with Gasteiger partial charge in [-0.3, -0.25) is 9.59 Å². The van der Waals surface area contributed by atoms with Crippen molar-refractivity contribution in [1.82, 2.24) is 5.32 Å². The molecule has 0 aromatic heterocycles. The summed E-state index contributed by atoms with van der Waals surface area (Å²) >= 11 is 5.16. The number of aromatic hydroxyl groups is 1. The third-order valence-corrected chi connectivity index (χ3v) is 5.06. The summed E-state index contributed by atoms with van der Waals surface area (Å²) in [4.78, 5) is 22.1. The number of hydrogen-bond donors (Lipinski definition) is 3. The van der Waals surface area contributed by atoms with E-state index in [-0.39, 0.29) is 17.3 Å². The molecule has 2 rings (SSSR count). The molecule has 1 unspecified atom stereocenters. The molecule has 1 saturated heterocycles. The number of amides is 1. The Balaban J connectivity index is 2.09. The summed E-state index contributed by atoms with van der Waals surface area (Å²) in [6.45, 7) is 0. The van der Waals surface area contributed by atoms with E-state index in [0.717, 1.165) is 15.3 Å². The van der Waals surface area contributed by atoms with Crippen LogP contribution in [0.25, 0.3) is 0 Å². The number of nitrogens with zero attached hydrogens (tertiary/aromatic N) is 2. The molecule has 0 saturated carbocycles. The van der Waals surface area contributed by atoms with Gasteiger partial charge in [-0.05, 0) is 57.3 Å². The van der Waals surface area contributed by atoms with Crippen LogP contribution < -0.4 is 5.32 Å². The molecular weight excluding hydrogens is 536 g/mol. The van der Waals surface area contributed by atoms with Crippen molar-refractivity contribution in [2.24, 2.45) is 10.2 Å². The van der Waals surface area contributed by atoms with Crippen LogP contribution in [0.1, 0.15) is 12.0 Å². The molecule has 0 radical (unpaired) electrons. The van der Waals surface area contributed by atoms with Gasteiger partial charge in [0.25, 0.3) is 0 Å². The summed E-state index contributed by atoms with van der Waals surface area (Å²) in [5, 5.41) is 28.3. The number of nitrogens with one attached hydrogen (secondary N) is 1. The average Bonchev–Trinajstić information content (AvgIpc) is 2.75. The standard InChI is InChI=1S/C12H9I2N3O4S/c13-6-1-5(10(20)7(14)2-6)4-15-17-12-16-11(21)8(22-12)3-9(18)19/h1-2,4,8,20H,3H2,(H,18,19)(H,16,17,21). The molecule has 1 fully saturated rings. The number of carboxylic acid groups (broad SMARTS) is 1. The number of carbonyl (C=O) groups is 2. The fourth-order valence-electron chi connectivity index (χ4n) is 1.57. The first kappa shape index (κ1) is 17.5. The van der Waals surface area contributed by atoms with Crippen LogP contribution >= 0.6 is 56.9 Å². The van der Waals surface area contributed by atoms with Gasteiger partial charge in [-0.2, -0.15) is 5.10 Å². The third kappa shape index (κ3) is 4.55. The largest absolute Gasteiger partial charge is 0.506 e. The van der Waals surface area contributed by atoms with E-state index >= 15 is 0 Å². The van der Waals surface area contributed by atoms with E-state index in [9.17, 15) is 14.7 Å². The Hall–Kier alpha value is -0.890. The highest BCUT2D eigenvalue weighted by Gasteiger charge is 2.32. The number of carbonyl (C=O) groups excluding carboxylic acids is 1. The van der Waals surface area contributed by atoms with Crippen LogP contribution in [0.4, 0.5) is 0 Å². The SMILES string of the molecule is O=C(O)CC1SC(=NN=Cc2cc(I)cc(I)c2O)NC1=O. The van der Waals surface area contributed by atoms with Crippen LogP contribution in [0.2, 0.25) is 0 Å². The number of benzene rings is 1. The van der Waals surface area contributed by atoms with Gasteiger partial charge in [0, 0.05) is 9.13 Å². The minimum absolute atomic E-state index is 0.108. The summed E-state index contributed by atoms with van der Waals surface area (Å²) < 4.78 is 1.64. The lowest BCUT2D eigenvalue weighted by Gasteiger charge is -2.01. The molecule has 7 nitrogen and oxygen atoms in total. The van der Waals surface area contributed by atoms with Crippen molar-refractivity contribution in [3.8, 4) is 5.75 Å². The van der Waals surface area contributed by atoms with Gasteiger partial charge in [0.2, 0.25) is 5.91 Å². The minimum Gasteiger partial charge on any atom is -0.506 e. The minimum atomic E-state index is -1.05. The number of rotatable bonds is 4. The molecule has 1 heterocycles. The van der Waals surface area contributed by atoms with E-state index in [4.69, 9.17) is 5.11 Å². The highest BCUT2D eigenvalue weighted by atomic mass is 127. The van der Waals surface area contributed by atoms with E-state index in [1.54, 1.807) is 6.07 Å². The Bertz CT molecular complexity index is 693. The topological polar surface area (TPSA) is 111 Å². The first-order valence-electron chi connectivity index (χ1n) is 5.85. The number of aliphatic carboxylic acids is 1. The van der Waals surface area contributed by atoms with E-state index < -0.39 is 17.1 Å². The van der Waals surface area contributed by atoms with E-state index in [1.807, 2.05) is 28.7 Å². The van der Waals surface area contributed by atoms with E-state index in [0.29, 0.717) is 9.13 Å². The second-order valence-corrected chi connectivity index (χ2v) is 7.77. The fourth-order valence-corrected chi connectivity index (χ4v) is 4.38. The van der Waals surface area contributed by atoms with Crippen LogP contribution in [-0.4, -0.2) is 38.7 Å². The van der Waals surface area contributed by atoms with Gasteiger partial charge in [-0.1, -0.05) is 11.8 Å². The van der Waals surface area contributed by atoms with Crippen molar-refractivity contribution in [3.63, 3.8) is 0 Å². The Labute approximate surface area is 156 Å². The molecule has 3 N–H and O–H groups in total. The molecule has 0 bridgehead atoms. The Kier molecular flexibility index (Phi) is 6.02. The lowest BCUT2D eigenvalue weighted by Crippen LogP contribution is -2.26. The van der Waals surface area contributed by atoms with Crippen molar-refractivity contribution in [2.45, 2.75) is 11.7 Å². The number of amidine groups is 1. The number of carboxylic acids is 1. The monoisotopic (exact) mass is 545 g/mol. The maximum absolute atomic E-state index is 11.5.